The molecule has 4 rings (SSSR count). The number of nitrogens with zero attached hydrogens (tertiary/aromatic N) is 4. The molecule has 0 radical (unpaired) electrons. The summed E-state index contributed by atoms with van der Waals surface area (Å²) in [4.78, 5) is 22.6. The number of para-hydroxylation sites is 1. The van der Waals surface area contributed by atoms with E-state index in [4.69, 9.17) is 0 Å². The topological polar surface area (TPSA) is 74.8 Å². The summed E-state index contributed by atoms with van der Waals surface area (Å²) in [6, 6.07) is 8.26. The van der Waals surface area contributed by atoms with E-state index in [2.05, 4.69) is 27.1 Å². The fourth-order valence-corrected chi connectivity index (χ4v) is 4.21. The molecule has 0 saturated carbocycles. The van der Waals surface area contributed by atoms with Crippen molar-refractivity contribution >= 4 is 39.7 Å². The van der Waals surface area contributed by atoms with Gasteiger partial charge in [0.25, 0.3) is 0 Å². The molecule has 25 heavy (non-hydrogen) atoms. The van der Waals surface area contributed by atoms with Gasteiger partial charge < -0.3 is 9.88 Å². The number of hydrogen-bond donors (Lipinski definition) is 1. The molecule has 1 aromatic carbocycles. The summed E-state index contributed by atoms with van der Waals surface area (Å²) in [6.45, 7) is 4.90. The quantitative estimate of drug-likeness (QED) is 0.729. The molecular weight excluding hydrogens is 334 g/mol. The van der Waals surface area contributed by atoms with Crippen molar-refractivity contribution in [2.75, 3.05) is 6.54 Å². The van der Waals surface area contributed by atoms with E-state index >= 15 is 0 Å². The highest BCUT2D eigenvalue weighted by Gasteiger charge is 2.28. The number of carbonyl (C=O) groups excluding carboxylic acids is 1. The van der Waals surface area contributed by atoms with Crippen molar-refractivity contribution in [3.05, 3.63) is 24.3 Å². The van der Waals surface area contributed by atoms with Gasteiger partial charge in [-0.05, 0) is 39.2 Å². The number of nitrogens with one attached hydrogen (secondary N) is 1. The lowest BCUT2D eigenvalue weighted by Gasteiger charge is -2.34. The number of H-pyrrole nitrogens is 1. The van der Waals surface area contributed by atoms with Gasteiger partial charge >= 0.3 is 0 Å². The second-order valence-corrected chi connectivity index (χ2v) is 7.91. The molecule has 3 heterocycles. The van der Waals surface area contributed by atoms with Gasteiger partial charge in [0.1, 0.15) is 5.52 Å². The van der Waals surface area contributed by atoms with E-state index in [1.807, 2.05) is 36.1 Å². The number of likely N-dealkylation sites (tertiary alicyclic amines) is 1. The van der Waals surface area contributed by atoms with Crippen LogP contribution in [0.5, 0.6) is 0 Å². The molecule has 1 aliphatic rings. The van der Waals surface area contributed by atoms with E-state index in [0.29, 0.717) is 16.8 Å². The summed E-state index contributed by atoms with van der Waals surface area (Å²) in [5.41, 5.74) is 2.47. The van der Waals surface area contributed by atoms with Crippen molar-refractivity contribution in [1.29, 1.82) is 0 Å². The first-order chi connectivity index (χ1) is 12.1. The first-order valence-corrected chi connectivity index (χ1v) is 9.60. The van der Waals surface area contributed by atoms with Crippen LogP contribution in [-0.4, -0.2) is 48.8 Å². The van der Waals surface area contributed by atoms with Crippen molar-refractivity contribution in [3.63, 3.8) is 0 Å². The van der Waals surface area contributed by atoms with Crippen LogP contribution in [0.4, 0.5) is 0 Å². The lowest BCUT2D eigenvalue weighted by Crippen LogP contribution is -2.45. The Morgan fingerprint density at radius 1 is 1.32 bits per heavy atom. The Balaban J connectivity index is 1.55. The van der Waals surface area contributed by atoms with Crippen LogP contribution in [0, 0.1) is 0 Å². The van der Waals surface area contributed by atoms with Gasteiger partial charge in [-0.15, -0.1) is 10.2 Å². The van der Waals surface area contributed by atoms with E-state index in [9.17, 15) is 4.79 Å². The normalized spacial score (nSPS) is 19.4. The molecule has 1 N–H and O–H groups in total. The first kappa shape index (κ1) is 16.3. The van der Waals surface area contributed by atoms with Crippen LogP contribution in [0.3, 0.4) is 0 Å². The van der Waals surface area contributed by atoms with Gasteiger partial charge in [0.15, 0.2) is 5.65 Å². The Bertz CT molecular complexity index is 924. The van der Waals surface area contributed by atoms with Crippen LogP contribution < -0.4 is 0 Å². The summed E-state index contributed by atoms with van der Waals surface area (Å²) in [5, 5.41) is 9.87. The highest BCUT2D eigenvalue weighted by molar-refractivity contribution is 8.00. The van der Waals surface area contributed by atoms with E-state index in [-0.39, 0.29) is 11.2 Å². The summed E-state index contributed by atoms with van der Waals surface area (Å²) in [5.74, 6) is 0.164. The van der Waals surface area contributed by atoms with E-state index in [1.54, 1.807) is 0 Å². The van der Waals surface area contributed by atoms with Gasteiger partial charge in [-0.3, -0.25) is 4.79 Å². The number of fused-ring (bicyclic) bond motifs is 3. The lowest BCUT2D eigenvalue weighted by molar-refractivity contribution is -0.133. The number of rotatable bonds is 3. The zero-order valence-electron chi connectivity index (χ0n) is 14.4. The van der Waals surface area contributed by atoms with Gasteiger partial charge in [-0.25, -0.2) is 4.98 Å². The summed E-state index contributed by atoms with van der Waals surface area (Å²) in [6.07, 6.45) is 3.38. The maximum absolute atomic E-state index is 12.7. The minimum atomic E-state index is -0.218. The molecule has 0 bridgehead atoms. The molecule has 1 saturated heterocycles. The zero-order valence-corrected chi connectivity index (χ0v) is 15.2. The lowest BCUT2D eigenvalue weighted by atomic mass is 10.0. The third-order valence-electron chi connectivity index (χ3n) is 4.82. The van der Waals surface area contributed by atoms with Gasteiger partial charge in [0.05, 0.1) is 5.25 Å². The average molecular weight is 355 g/mol. The van der Waals surface area contributed by atoms with E-state index in [1.165, 1.54) is 18.2 Å². The number of hydrogen-bond acceptors (Lipinski definition) is 5. The number of benzene rings is 1. The van der Waals surface area contributed by atoms with E-state index in [0.717, 1.165) is 35.8 Å². The second-order valence-electron chi connectivity index (χ2n) is 6.60. The van der Waals surface area contributed by atoms with Gasteiger partial charge in [0, 0.05) is 23.5 Å². The van der Waals surface area contributed by atoms with Crippen molar-refractivity contribution in [2.45, 2.75) is 49.6 Å². The predicted octanol–water partition coefficient (Wildman–Crippen LogP) is 3.39. The highest BCUT2D eigenvalue weighted by atomic mass is 32.2. The van der Waals surface area contributed by atoms with Crippen LogP contribution >= 0.6 is 11.8 Å². The highest BCUT2D eigenvalue weighted by Crippen LogP contribution is 2.27. The molecule has 7 heteroatoms. The van der Waals surface area contributed by atoms with Crippen molar-refractivity contribution in [3.8, 4) is 0 Å². The molecule has 1 fully saturated rings. The van der Waals surface area contributed by atoms with Crippen LogP contribution in [0.2, 0.25) is 0 Å². The Labute approximate surface area is 150 Å². The minimum absolute atomic E-state index is 0.164. The van der Waals surface area contributed by atoms with Crippen molar-refractivity contribution in [2.24, 2.45) is 0 Å². The fraction of sp³-hybridized carbons (Fsp3) is 0.444. The molecular formula is C18H21N5OS. The molecule has 0 spiro atoms. The van der Waals surface area contributed by atoms with E-state index < -0.39 is 0 Å². The van der Waals surface area contributed by atoms with Crippen LogP contribution in [0.25, 0.3) is 22.1 Å². The van der Waals surface area contributed by atoms with Crippen LogP contribution in [-0.2, 0) is 4.79 Å². The summed E-state index contributed by atoms with van der Waals surface area (Å²) >= 11 is 1.38. The standard InChI is InChI=1S/C18H21N5OS/c1-11-7-5-6-10-23(11)17(24)12(2)25-18-20-16-15(21-22-18)13-8-3-4-9-14(13)19-16/h3-4,8-9,11-12H,5-7,10H2,1-2H3,(H,19,20,22)/t11-,12-/m1/s1. The predicted molar refractivity (Wildman–Crippen MR) is 99.5 cm³/mol. The van der Waals surface area contributed by atoms with Gasteiger partial charge in [-0.1, -0.05) is 30.0 Å². The van der Waals surface area contributed by atoms with Gasteiger partial charge in [-0.2, -0.15) is 0 Å². The maximum Gasteiger partial charge on any atom is 0.236 e. The maximum atomic E-state index is 12.7. The van der Waals surface area contributed by atoms with Crippen molar-refractivity contribution < 1.29 is 4.79 Å². The Hall–Kier alpha value is -2.15. The molecule has 1 amide bonds. The Morgan fingerprint density at radius 2 is 2.16 bits per heavy atom. The number of aromatic amines is 1. The van der Waals surface area contributed by atoms with Crippen LogP contribution in [0.1, 0.15) is 33.1 Å². The Kier molecular flexibility index (Phi) is 4.33. The molecule has 0 unspecified atom stereocenters. The number of amides is 1. The fourth-order valence-electron chi connectivity index (χ4n) is 3.42. The average Bonchev–Trinajstić information content (AvgIpc) is 2.99. The van der Waals surface area contributed by atoms with Crippen molar-refractivity contribution in [1.82, 2.24) is 25.1 Å². The number of piperidine rings is 1. The molecule has 2 aromatic heterocycles. The molecule has 130 valence electrons. The third kappa shape index (κ3) is 3.08. The number of aromatic nitrogens is 4. The molecule has 0 aliphatic carbocycles. The Morgan fingerprint density at radius 3 is 3.00 bits per heavy atom. The number of carbonyl (C=O) groups is 1. The summed E-state index contributed by atoms with van der Waals surface area (Å²) in [7, 11) is 0. The van der Waals surface area contributed by atoms with Crippen LogP contribution in [0.15, 0.2) is 29.4 Å². The third-order valence-corrected chi connectivity index (χ3v) is 5.76. The number of thioether (sulfide) groups is 1. The SMILES string of the molecule is C[C@@H]1CCCCN1C(=O)[C@@H](C)Sc1nnc2c(n1)[nH]c1ccccc12. The smallest absolute Gasteiger partial charge is 0.236 e. The molecule has 2 atom stereocenters. The second kappa shape index (κ2) is 6.63. The molecule has 3 aromatic rings. The largest absolute Gasteiger partial charge is 0.339 e. The van der Waals surface area contributed by atoms with Gasteiger partial charge in [0.2, 0.25) is 11.1 Å². The first-order valence-electron chi connectivity index (χ1n) is 8.72. The molecule has 1 aliphatic heterocycles. The zero-order chi connectivity index (χ0) is 17.4. The minimum Gasteiger partial charge on any atom is -0.339 e. The monoisotopic (exact) mass is 355 g/mol. The summed E-state index contributed by atoms with van der Waals surface area (Å²) < 4.78 is 0. The molecule has 6 nitrogen and oxygen atoms in total.